The molecule has 0 unspecified atom stereocenters. The van der Waals surface area contributed by atoms with Gasteiger partial charge in [-0.15, -0.1) is 0 Å². The maximum Gasteiger partial charge on any atom is 0.276 e. The second kappa shape index (κ2) is 5.97. The fraction of sp³-hybridized carbons (Fsp3) is 0.667. The summed E-state index contributed by atoms with van der Waals surface area (Å²) in [5.74, 6) is 0.242. The molecule has 1 amide bonds. The number of aliphatic hydroxyl groups is 1. The Morgan fingerprint density at radius 3 is 2.78 bits per heavy atom. The number of likely N-dealkylation sites (N-methyl/N-ethyl adjacent to an activating group) is 1. The van der Waals surface area contributed by atoms with Crippen molar-refractivity contribution in [2.24, 2.45) is 0 Å². The van der Waals surface area contributed by atoms with Gasteiger partial charge in [-0.3, -0.25) is 4.79 Å². The molecule has 1 N–H and O–H groups in total. The Morgan fingerprint density at radius 2 is 2.28 bits per heavy atom. The lowest BCUT2D eigenvalue weighted by atomic mass is 10.1. The third-order valence-electron chi connectivity index (χ3n) is 2.31. The van der Waals surface area contributed by atoms with E-state index in [-0.39, 0.29) is 24.8 Å². The van der Waals surface area contributed by atoms with Crippen molar-refractivity contribution in [3.63, 3.8) is 0 Å². The molecule has 1 heterocycles. The van der Waals surface area contributed by atoms with Crippen LogP contribution >= 0.6 is 0 Å². The molecular weight excluding hydrogens is 236 g/mol. The normalized spacial score (nSPS) is 11.6. The summed E-state index contributed by atoms with van der Waals surface area (Å²) < 4.78 is 9.86. The number of methoxy groups -OCH3 is 1. The van der Waals surface area contributed by atoms with Gasteiger partial charge in [-0.25, -0.2) is 0 Å². The Kier molecular flexibility index (Phi) is 4.86. The monoisotopic (exact) mass is 256 g/mol. The molecule has 0 aliphatic carbocycles. The maximum absolute atomic E-state index is 12.1. The predicted molar refractivity (Wildman–Crippen MR) is 65.1 cm³/mol. The average Bonchev–Trinajstić information content (AvgIpc) is 2.73. The summed E-state index contributed by atoms with van der Waals surface area (Å²) in [6.07, 6.45) is 0. The third-order valence-corrected chi connectivity index (χ3v) is 2.31. The molecule has 1 aromatic rings. The molecule has 0 aliphatic heterocycles. The van der Waals surface area contributed by atoms with Crippen LogP contribution in [0.25, 0.3) is 0 Å². The van der Waals surface area contributed by atoms with Crippen molar-refractivity contribution >= 4 is 5.91 Å². The van der Waals surface area contributed by atoms with E-state index in [9.17, 15) is 9.90 Å². The summed E-state index contributed by atoms with van der Waals surface area (Å²) in [5.41, 5.74) is -0.710. The van der Waals surface area contributed by atoms with Gasteiger partial charge in [0.25, 0.3) is 5.91 Å². The van der Waals surface area contributed by atoms with Crippen molar-refractivity contribution in [2.45, 2.75) is 33.0 Å². The van der Waals surface area contributed by atoms with Crippen LogP contribution in [0.4, 0.5) is 0 Å². The maximum atomic E-state index is 12.1. The van der Waals surface area contributed by atoms with Crippen molar-refractivity contribution in [2.75, 3.05) is 20.2 Å². The number of nitrogens with zero attached hydrogens (tertiary/aromatic N) is 2. The molecule has 18 heavy (non-hydrogen) atoms. The van der Waals surface area contributed by atoms with Gasteiger partial charge in [-0.2, -0.15) is 0 Å². The van der Waals surface area contributed by atoms with Gasteiger partial charge in [-0.05, 0) is 20.8 Å². The highest BCUT2D eigenvalue weighted by atomic mass is 16.5. The van der Waals surface area contributed by atoms with Crippen LogP contribution in [0.5, 0.6) is 0 Å². The molecule has 0 saturated heterocycles. The van der Waals surface area contributed by atoms with Crippen molar-refractivity contribution in [3.05, 3.63) is 17.5 Å². The second-order valence-electron chi connectivity index (χ2n) is 4.74. The lowest BCUT2D eigenvalue weighted by molar-refractivity contribution is 0.0309. The van der Waals surface area contributed by atoms with Crippen LogP contribution in [-0.4, -0.2) is 46.9 Å². The SMILES string of the molecule is CCN(CC(C)(C)O)C(=O)c1cc(COC)on1. The molecule has 0 fully saturated rings. The third kappa shape index (κ3) is 4.12. The quantitative estimate of drug-likeness (QED) is 0.823. The number of rotatable bonds is 6. The molecule has 6 heteroatoms. The summed E-state index contributed by atoms with van der Waals surface area (Å²) in [4.78, 5) is 13.6. The Bertz CT molecular complexity index is 395. The summed E-state index contributed by atoms with van der Waals surface area (Å²) in [6.45, 7) is 6.17. The van der Waals surface area contributed by atoms with Crippen LogP contribution < -0.4 is 0 Å². The molecule has 0 radical (unpaired) electrons. The highest BCUT2D eigenvalue weighted by molar-refractivity contribution is 5.92. The molecular formula is C12H20N2O4. The summed E-state index contributed by atoms with van der Waals surface area (Å²) in [5, 5.41) is 13.5. The number of carbonyl (C=O) groups is 1. The highest BCUT2D eigenvalue weighted by Gasteiger charge is 2.24. The van der Waals surface area contributed by atoms with Crippen LogP contribution in [0.1, 0.15) is 37.0 Å². The molecule has 102 valence electrons. The van der Waals surface area contributed by atoms with Crippen molar-refractivity contribution in [3.8, 4) is 0 Å². The van der Waals surface area contributed by atoms with Crippen LogP contribution in [0.2, 0.25) is 0 Å². The number of aromatic nitrogens is 1. The van der Waals surface area contributed by atoms with Gasteiger partial charge in [0, 0.05) is 26.3 Å². The number of ether oxygens (including phenoxy) is 1. The van der Waals surface area contributed by atoms with E-state index in [1.807, 2.05) is 6.92 Å². The lowest BCUT2D eigenvalue weighted by Crippen LogP contribution is -2.42. The van der Waals surface area contributed by atoms with Crippen LogP contribution in [0.3, 0.4) is 0 Å². The van der Waals surface area contributed by atoms with Gasteiger partial charge in [0.15, 0.2) is 11.5 Å². The number of hydrogen-bond acceptors (Lipinski definition) is 5. The first-order valence-corrected chi connectivity index (χ1v) is 5.83. The standard InChI is InChI=1S/C12H20N2O4/c1-5-14(8-12(2,3)16)11(15)10-6-9(7-17-4)18-13-10/h6,16H,5,7-8H2,1-4H3. The van der Waals surface area contributed by atoms with Crippen LogP contribution in [0, 0.1) is 0 Å². The van der Waals surface area contributed by atoms with Crippen molar-refractivity contribution in [1.29, 1.82) is 0 Å². The van der Waals surface area contributed by atoms with Gasteiger partial charge in [-0.1, -0.05) is 5.16 Å². The van der Waals surface area contributed by atoms with Gasteiger partial charge in [0.1, 0.15) is 6.61 Å². The van der Waals surface area contributed by atoms with Crippen molar-refractivity contribution < 1.29 is 19.2 Å². The van der Waals surface area contributed by atoms with Crippen LogP contribution in [-0.2, 0) is 11.3 Å². The Labute approximate surface area is 107 Å². The molecule has 0 aromatic carbocycles. The first-order valence-electron chi connectivity index (χ1n) is 5.83. The van der Waals surface area contributed by atoms with E-state index in [4.69, 9.17) is 9.26 Å². The zero-order valence-electron chi connectivity index (χ0n) is 11.3. The van der Waals surface area contributed by atoms with Gasteiger partial charge in [0.2, 0.25) is 0 Å². The predicted octanol–water partition coefficient (Wildman–Crippen LogP) is 1.05. The number of hydrogen-bond donors (Lipinski definition) is 1. The average molecular weight is 256 g/mol. The van der Waals surface area contributed by atoms with E-state index in [0.717, 1.165) is 0 Å². The summed E-state index contributed by atoms with van der Waals surface area (Å²) in [6, 6.07) is 1.55. The Balaban J connectivity index is 2.76. The molecule has 0 saturated carbocycles. The van der Waals surface area contributed by atoms with Crippen molar-refractivity contribution in [1.82, 2.24) is 10.1 Å². The zero-order chi connectivity index (χ0) is 13.8. The topological polar surface area (TPSA) is 75.8 Å². The smallest absolute Gasteiger partial charge is 0.276 e. The fourth-order valence-corrected chi connectivity index (χ4v) is 1.58. The first-order chi connectivity index (χ1) is 8.37. The molecule has 1 aromatic heterocycles. The molecule has 1 rings (SSSR count). The molecule has 0 aliphatic rings. The second-order valence-corrected chi connectivity index (χ2v) is 4.74. The largest absolute Gasteiger partial charge is 0.389 e. The van der Waals surface area contributed by atoms with E-state index in [0.29, 0.717) is 12.3 Å². The lowest BCUT2D eigenvalue weighted by Gasteiger charge is -2.27. The van der Waals surface area contributed by atoms with E-state index in [1.165, 1.54) is 12.0 Å². The van der Waals surface area contributed by atoms with Crippen LogP contribution in [0.15, 0.2) is 10.6 Å². The Hall–Kier alpha value is -1.40. The van der Waals surface area contributed by atoms with E-state index >= 15 is 0 Å². The van der Waals surface area contributed by atoms with E-state index < -0.39 is 5.60 Å². The molecule has 0 spiro atoms. The van der Waals surface area contributed by atoms with E-state index in [2.05, 4.69) is 5.16 Å². The highest BCUT2D eigenvalue weighted by Crippen LogP contribution is 2.11. The van der Waals surface area contributed by atoms with E-state index in [1.54, 1.807) is 19.9 Å². The fourth-order valence-electron chi connectivity index (χ4n) is 1.58. The van der Waals surface area contributed by atoms with Gasteiger partial charge < -0.3 is 19.3 Å². The number of amides is 1. The summed E-state index contributed by atoms with van der Waals surface area (Å²) in [7, 11) is 1.54. The first kappa shape index (κ1) is 14.7. The molecule has 6 nitrogen and oxygen atoms in total. The Morgan fingerprint density at radius 1 is 1.61 bits per heavy atom. The minimum absolute atomic E-state index is 0.230. The molecule has 0 bridgehead atoms. The summed E-state index contributed by atoms with van der Waals surface area (Å²) >= 11 is 0. The van der Waals surface area contributed by atoms with Gasteiger partial charge in [0.05, 0.1) is 5.60 Å². The zero-order valence-corrected chi connectivity index (χ0v) is 11.3. The number of carbonyl (C=O) groups excluding carboxylic acids is 1. The minimum atomic E-state index is -0.940. The minimum Gasteiger partial charge on any atom is -0.389 e. The van der Waals surface area contributed by atoms with Gasteiger partial charge >= 0.3 is 0 Å². The molecule has 0 atom stereocenters.